The largest absolute Gasteiger partial charge is 0.293 e. The molecule has 0 spiro atoms. The van der Waals surface area contributed by atoms with Crippen molar-refractivity contribution in [3.8, 4) is 0 Å². The summed E-state index contributed by atoms with van der Waals surface area (Å²) in [6.45, 7) is 4.84. The van der Waals surface area contributed by atoms with Crippen molar-refractivity contribution in [2.45, 2.75) is 6.92 Å². The summed E-state index contributed by atoms with van der Waals surface area (Å²) in [5.41, 5.74) is 0.786. The maximum Gasteiger partial charge on any atom is 0.116 e. The smallest absolute Gasteiger partial charge is 0.116 e. The molecule has 9 heavy (non-hydrogen) atoms. The second kappa shape index (κ2) is 4.01. The van der Waals surface area contributed by atoms with Gasteiger partial charge >= 0.3 is 0 Å². The summed E-state index contributed by atoms with van der Waals surface area (Å²) in [4.78, 5) is 3.78. The number of halogens is 1. The zero-order chi connectivity index (χ0) is 7.28. The highest BCUT2D eigenvalue weighted by Gasteiger charge is 1.80. The summed E-state index contributed by atoms with van der Waals surface area (Å²) in [7, 11) is 1.65. The highest BCUT2D eigenvalue weighted by Crippen LogP contribution is 1.92. The van der Waals surface area contributed by atoms with Crippen molar-refractivity contribution < 1.29 is 4.39 Å². The van der Waals surface area contributed by atoms with Crippen LogP contribution in [0.3, 0.4) is 0 Å². The first-order valence-electron chi connectivity index (χ1n) is 2.62. The van der Waals surface area contributed by atoms with Gasteiger partial charge in [-0.25, -0.2) is 4.39 Å². The van der Waals surface area contributed by atoms with Gasteiger partial charge in [-0.1, -0.05) is 6.58 Å². The second-order valence-corrected chi connectivity index (χ2v) is 1.65. The molecule has 0 amide bonds. The van der Waals surface area contributed by atoms with E-state index in [1.807, 2.05) is 0 Å². The molecule has 0 unspecified atom stereocenters. The van der Waals surface area contributed by atoms with Crippen LogP contribution in [0.2, 0.25) is 0 Å². The summed E-state index contributed by atoms with van der Waals surface area (Å²) in [6.07, 6.45) is 2.85. The van der Waals surface area contributed by atoms with Crippen molar-refractivity contribution in [2.24, 2.45) is 4.99 Å². The van der Waals surface area contributed by atoms with Crippen LogP contribution < -0.4 is 0 Å². The first-order valence-corrected chi connectivity index (χ1v) is 2.62. The minimum atomic E-state index is -0.446. The van der Waals surface area contributed by atoms with Crippen LogP contribution >= 0.6 is 0 Å². The lowest BCUT2D eigenvalue weighted by Crippen LogP contribution is -1.81. The van der Waals surface area contributed by atoms with Gasteiger partial charge in [-0.3, -0.25) is 4.99 Å². The van der Waals surface area contributed by atoms with Gasteiger partial charge in [0.25, 0.3) is 0 Å². The maximum atomic E-state index is 11.9. The highest BCUT2D eigenvalue weighted by molar-refractivity contribution is 5.92. The summed E-state index contributed by atoms with van der Waals surface area (Å²) >= 11 is 0. The molecule has 0 aromatic heterocycles. The molecule has 0 aliphatic rings. The topological polar surface area (TPSA) is 12.4 Å². The predicted molar refractivity (Wildman–Crippen MR) is 38.4 cm³/mol. The van der Waals surface area contributed by atoms with E-state index in [0.29, 0.717) is 0 Å². The van der Waals surface area contributed by atoms with Crippen molar-refractivity contribution in [1.29, 1.82) is 0 Å². The summed E-state index contributed by atoms with van der Waals surface area (Å²) in [5.74, 6) is -0.446. The third kappa shape index (κ3) is 4.94. The van der Waals surface area contributed by atoms with Crippen LogP contribution in [0.1, 0.15) is 6.92 Å². The van der Waals surface area contributed by atoms with Crippen molar-refractivity contribution >= 4 is 5.71 Å². The Morgan fingerprint density at radius 3 is 2.44 bits per heavy atom. The maximum absolute atomic E-state index is 11.9. The van der Waals surface area contributed by atoms with Gasteiger partial charge in [-0.05, 0) is 19.1 Å². The Hall–Kier alpha value is -0.920. The molecule has 0 heterocycles. The van der Waals surface area contributed by atoms with E-state index >= 15 is 0 Å². The molecule has 0 atom stereocenters. The van der Waals surface area contributed by atoms with E-state index in [9.17, 15) is 4.39 Å². The Morgan fingerprint density at radius 1 is 1.56 bits per heavy atom. The van der Waals surface area contributed by atoms with Gasteiger partial charge in [0, 0.05) is 12.8 Å². The second-order valence-electron chi connectivity index (χ2n) is 1.65. The molecule has 0 radical (unpaired) electrons. The SMILES string of the molecule is C=C(F)/C=C\C(C)=NC. The van der Waals surface area contributed by atoms with Crippen molar-refractivity contribution in [3.63, 3.8) is 0 Å². The third-order valence-electron chi connectivity index (χ3n) is 0.858. The lowest BCUT2D eigenvalue weighted by molar-refractivity contribution is 0.671. The molecule has 2 heteroatoms. The van der Waals surface area contributed by atoms with Gasteiger partial charge in [-0.2, -0.15) is 0 Å². The molecule has 0 fully saturated rings. The van der Waals surface area contributed by atoms with Crippen molar-refractivity contribution in [1.82, 2.24) is 0 Å². The predicted octanol–water partition coefficient (Wildman–Crippen LogP) is 2.12. The first kappa shape index (κ1) is 8.08. The monoisotopic (exact) mass is 127 g/mol. The van der Waals surface area contributed by atoms with Crippen LogP contribution in [-0.4, -0.2) is 12.8 Å². The van der Waals surface area contributed by atoms with E-state index in [1.165, 1.54) is 6.08 Å². The van der Waals surface area contributed by atoms with Gasteiger partial charge < -0.3 is 0 Å². The average Bonchev–Trinajstić information content (AvgIpc) is 1.83. The molecule has 0 aliphatic heterocycles. The average molecular weight is 127 g/mol. The molecule has 0 rings (SSSR count). The molecule has 0 saturated carbocycles. The Kier molecular flexibility index (Phi) is 3.60. The Balaban J connectivity index is 3.86. The van der Waals surface area contributed by atoms with Crippen LogP contribution in [0, 0.1) is 0 Å². The minimum Gasteiger partial charge on any atom is -0.293 e. The summed E-state index contributed by atoms with van der Waals surface area (Å²) < 4.78 is 11.9. The zero-order valence-corrected chi connectivity index (χ0v) is 5.69. The van der Waals surface area contributed by atoms with Crippen molar-refractivity contribution in [3.05, 3.63) is 24.6 Å². The number of nitrogens with zero attached hydrogens (tertiary/aromatic N) is 1. The Labute approximate surface area is 54.6 Å². The van der Waals surface area contributed by atoms with Crippen LogP contribution in [-0.2, 0) is 0 Å². The molecule has 0 aromatic rings. The number of aliphatic imine (C=N–C) groups is 1. The van der Waals surface area contributed by atoms with Gasteiger partial charge in [0.2, 0.25) is 0 Å². The normalized spacial score (nSPS) is 12.6. The quantitative estimate of drug-likeness (QED) is 0.398. The van der Waals surface area contributed by atoms with E-state index in [1.54, 1.807) is 20.0 Å². The lowest BCUT2D eigenvalue weighted by atomic mass is 10.3. The molecular formula is C7H10FN. The van der Waals surface area contributed by atoms with Gasteiger partial charge in [-0.15, -0.1) is 0 Å². The van der Waals surface area contributed by atoms with Gasteiger partial charge in [0.1, 0.15) is 5.83 Å². The van der Waals surface area contributed by atoms with Crippen LogP contribution in [0.4, 0.5) is 4.39 Å². The number of allylic oxidation sites excluding steroid dienone is 3. The number of hydrogen-bond donors (Lipinski definition) is 0. The molecular weight excluding hydrogens is 117 g/mol. The van der Waals surface area contributed by atoms with E-state index in [-0.39, 0.29) is 0 Å². The molecule has 1 nitrogen and oxygen atoms in total. The van der Waals surface area contributed by atoms with Crippen LogP contribution in [0.5, 0.6) is 0 Å². The van der Waals surface area contributed by atoms with Gasteiger partial charge in [0.15, 0.2) is 0 Å². The minimum absolute atomic E-state index is 0.446. The Bertz CT molecular complexity index is 156. The highest BCUT2D eigenvalue weighted by atomic mass is 19.1. The number of rotatable bonds is 2. The summed E-state index contributed by atoms with van der Waals surface area (Å²) in [5, 5.41) is 0. The Morgan fingerprint density at radius 2 is 2.11 bits per heavy atom. The van der Waals surface area contributed by atoms with E-state index in [4.69, 9.17) is 0 Å². The standard InChI is InChI=1S/C7H10FN/c1-6(8)4-5-7(2)9-3/h4-5H,1H2,2-3H3/b5-4-,9-7?. The number of hydrogen-bond acceptors (Lipinski definition) is 1. The molecule has 0 bridgehead atoms. The zero-order valence-electron chi connectivity index (χ0n) is 5.69. The molecule has 0 aliphatic carbocycles. The molecule has 0 aromatic carbocycles. The lowest BCUT2D eigenvalue weighted by Gasteiger charge is -1.84. The fourth-order valence-corrected chi connectivity index (χ4v) is 0.286. The van der Waals surface area contributed by atoms with E-state index in [0.717, 1.165) is 5.71 Å². The third-order valence-corrected chi connectivity index (χ3v) is 0.858. The van der Waals surface area contributed by atoms with Crippen LogP contribution in [0.25, 0.3) is 0 Å². The van der Waals surface area contributed by atoms with E-state index in [2.05, 4.69) is 11.6 Å². The fraction of sp³-hybridized carbons (Fsp3) is 0.286. The van der Waals surface area contributed by atoms with Crippen LogP contribution in [0.15, 0.2) is 29.6 Å². The van der Waals surface area contributed by atoms with Crippen molar-refractivity contribution in [2.75, 3.05) is 7.05 Å². The summed E-state index contributed by atoms with van der Waals surface area (Å²) in [6, 6.07) is 0. The molecule has 50 valence electrons. The van der Waals surface area contributed by atoms with E-state index < -0.39 is 5.83 Å². The molecule has 0 saturated heterocycles. The fourth-order valence-electron chi connectivity index (χ4n) is 0.286. The molecule has 0 N–H and O–H groups in total. The first-order chi connectivity index (χ1) is 4.16. The van der Waals surface area contributed by atoms with Gasteiger partial charge in [0.05, 0.1) is 0 Å².